The Kier molecular flexibility index (Phi) is 6.50. The molecule has 2 saturated heterocycles. The number of ether oxygens (including phenoxy) is 1. The molecule has 1 aromatic heterocycles. The molecule has 158 valence electrons. The van der Waals surface area contributed by atoms with Crippen LogP contribution in [0.15, 0.2) is 42.7 Å². The van der Waals surface area contributed by atoms with Crippen LogP contribution in [-0.4, -0.2) is 95.5 Å². The molecule has 2 fully saturated rings. The highest BCUT2D eigenvalue weighted by molar-refractivity contribution is 5.95. The van der Waals surface area contributed by atoms with Crippen LogP contribution < -0.4 is 5.32 Å². The number of morpholine rings is 1. The maximum absolute atomic E-state index is 12.9. The van der Waals surface area contributed by atoms with Crippen molar-refractivity contribution in [1.82, 2.24) is 24.7 Å². The molecule has 1 aromatic carbocycles. The summed E-state index contributed by atoms with van der Waals surface area (Å²) in [5.41, 5.74) is 1.36. The summed E-state index contributed by atoms with van der Waals surface area (Å²) in [6.07, 6.45) is 3.31. The molecule has 2 amide bonds. The molecule has 0 unspecified atom stereocenters. The first-order valence-corrected chi connectivity index (χ1v) is 10.2. The Morgan fingerprint density at radius 3 is 2.37 bits per heavy atom. The van der Waals surface area contributed by atoms with Crippen LogP contribution in [0.3, 0.4) is 0 Å². The number of hydrogen-bond donors (Lipinski definition) is 1. The Labute approximate surface area is 175 Å². The molecule has 0 radical (unpaired) electrons. The van der Waals surface area contributed by atoms with Crippen LogP contribution in [0.25, 0.3) is 0 Å². The third-order valence-electron chi connectivity index (χ3n) is 5.31. The van der Waals surface area contributed by atoms with E-state index >= 15 is 0 Å². The number of amides is 2. The first kappa shape index (κ1) is 20.2. The second-order valence-electron chi connectivity index (χ2n) is 7.34. The van der Waals surface area contributed by atoms with Crippen molar-refractivity contribution in [3.8, 4) is 0 Å². The Morgan fingerprint density at radius 1 is 0.933 bits per heavy atom. The molecule has 0 bridgehead atoms. The number of aromatic nitrogens is 2. The first-order valence-electron chi connectivity index (χ1n) is 10.2. The van der Waals surface area contributed by atoms with E-state index in [0.717, 1.165) is 18.8 Å². The highest BCUT2D eigenvalue weighted by Gasteiger charge is 2.26. The Morgan fingerprint density at radius 2 is 1.63 bits per heavy atom. The standard InChI is InChI=1S/C21H26N6O3/c28-19(16-25-11-13-30-14-12-25)26-7-9-27(10-8-26)20(29)17-3-1-4-18(15-17)24-21-22-5-2-6-23-21/h1-6,15H,7-14,16H2,(H,22,23,24). The molecule has 9 heteroatoms. The van der Waals surface area contributed by atoms with Gasteiger partial charge in [-0.05, 0) is 24.3 Å². The average Bonchev–Trinajstić information content (AvgIpc) is 2.80. The van der Waals surface area contributed by atoms with Crippen LogP contribution in [0.2, 0.25) is 0 Å². The molecule has 0 spiro atoms. The predicted molar refractivity (Wildman–Crippen MR) is 111 cm³/mol. The highest BCUT2D eigenvalue weighted by atomic mass is 16.5. The third kappa shape index (κ3) is 5.11. The summed E-state index contributed by atoms with van der Waals surface area (Å²) < 4.78 is 5.33. The molecule has 4 rings (SSSR count). The number of benzene rings is 1. The van der Waals surface area contributed by atoms with Crippen molar-refractivity contribution in [3.05, 3.63) is 48.3 Å². The summed E-state index contributed by atoms with van der Waals surface area (Å²) >= 11 is 0. The summed E-state index contributed by atoms with van der Waals surface area (Å²) in [5.74, 6) is 0.570. The highest BCUT2D eigenvalue weighted by Crippen LogP contribution is 2.17. The molecule has 1 N–H and O–H groups in total. The normalized spacial score (nSPS) is 17.6. The molecule has 0 atom stereocenters. The molecule has 2 aliphatic heterocycles. The number of nitrogens with zero attached hydrogens (tertiary/aromatic N) is 5. The minimum Gasteiger partial charge on any atom is -0.379 e. The number of hydrogen-bond acceptors (Lipinski definition) is 7. The fourth-order valence-electron chi connectivity index (χ4n) is 3.61. The fourth-order valence-corrected chi connectivity index (χ4v) is 3.61. The minimum absolute atomic E-state index is 0.0343. The Balaban J connectivity index is 1.30. The number of rotatable bonds is 5. The van der Waals surface area contributed by atoms with E-state index in [1.54, 1.807) is 35.5 Å². The van der Waals surface area contributed by atoms with E-state index in [1.165, 1.54) is 0 Å². The summed E-state index contributed by atoms with van der Waals surface area (Å²) in [7, 11) is 0. The van der Waals surface area contributed by atoms with Crippen molar-refractivity contribution in [2.24, 2.45) is 0 Å². The molecule has 2 aliphatic rings. The van der Waals surface area contributed by atoms with Gasteiger partial charge >= 0.3 is 0 Å². The maximum atomic E-state index is 12.9. The molecular weight excluding hydrogens is 384 g/mol. The van der Waals surface area contributed by atoms with E-state index in [0.29, 0.717) is 57.4 Å². The summed E-state index contributed by atoms with van der Waals surface area (Å²) in [6, 6.07) is 9.05. The van der Waals surface area contributed by atoms with Crippen molar-refractivity contribution < 1.29 is 14.3 Å². The van der Waals surface area contributed by atoms with Gasteiger partial charge in [-0.2, -0.15) is 0 Å². The molecular formula is C21H26N6O3. The van der Waals surface area contributed by atoms with Crippen molar-refractivity contribution >= 4 is 23.5 Å². The molecule has 0 aliphatic carbocycles. The van der Waals surface area contributed by atoms with Crippen LogP contribution in [0.4, 0.5) is 11.6 Å². The zero-order valence-electron chi connectivity index (χ0n) is 16.9. The smallest absolute Gasteiger partial charge is 0.254 e. The van der Waals surface area contributed by atoms with E-state index in [-0.39, 0.29) is 11.8 Å². The van der Waals surface area contributed by atoms with Crippen LogP contribution >= 0.6 is 0 Å². The van der Waals surface area contributed by atoms with E-state index in [4.69, 9.17) is 4.74 Å². The molecule has 0 saturated carbocycles. The lowest BCUT2D eigenvalue weighted by Crippen LogP contribution is -2.53. The second-order valence-corrected chi connectivity index (χ2v) is 7.34. The average molecular weight is 410 g/mol. The quantitative estimate of drug-likeness (QED) is 0.781. The van der Waals surface area contributed by atoms with Gasteiger partial charge in [-0.25, -0.2) is 9.97 Å². The van der Waals surface area contributed by atoms with Gasteiger partial charge in [-0.3, -0.25) is 14.5 Å². The summed E-state index contributed by atoms with van der Waals surface area (Å²) in [6.45, 7) is 5.56. The van der Waals surface area contributed by atoms with Gasteiger partial charge in [0.25, 0.3) is 5.91 Å². The zero-order chi connectivity index (χ0) is 20.8. The predicted octanol–water partition coefficient (Wildman–Crippen LogP) is 0.837. The van der Waals surface area contributed by atoms with E-state index in [2.05, 4.69) is 20.2 Å². The van der Waals surface area contributed by atoms with Gasteiger partial charge in [0, 0.05) is 62.9 Å². The van der Waals surface area contributed by atoms with Gasteiger partial charge in [0.1, 0.15) is 0 Å². The van der Waals surface area contributed by atoms with Gasteiger partial charge < -0.3 is 19.9 Å². The largest absolute Gasteiger partial charge is 0.379 e. The maximum Gasteiger partial charge on any atom is 0.254 e. The van der Waals surface area contributed by atoms with Crippen LogP contribution in [0, 0.1) is 0 Å². The summed E-state index contributed by atoms with van der Waals surface area (Å²) in [5, 5.41) is 3.10. The SMILES string of the molecule is O=C(CN1CCOCC1)N1CCN(C(=O)c2cccc(Nc3ncccn3)c2)CC1. The van der Waals surface area contributed by atoms with Crippen LogP contribution in [-0.2, 0) is 9.53 Å². The van der Waals surface area contributed by atoms with E-state index in [9.17, 15) is 9.59 Å². The second kappa shape index (κ2) is 9.64. The monoisotopic (exact) mass is 410 g/mol. The molecule has 30 heavy (non-hydrogen) atoms. The summed E-state index contributed by atoms with van der Waals surface area (Å²) in [4.78, 5) is 39.5. The van der Waals surface area contributed by atoms with Gasteiger partial charge in [0.15, 0.2) is 0 Å². The number of carbonyl (C=O) groups is 2. The molecule has 2 aromatic rings. The minimum atomic E-state index is -0.0343. The van der Waals surface area contributed by atoms with Gasteiger partial charge in [0.2, 0.25) is 11.9 Å². The molecule has 3 heterocycles. The van der Waals surface area contributed by atoms with Crippen molar-refractivity contribution in [2.45, 2.75) is 0 Å². The zero-order valence-corrected chi connectivity index (χ0v) is 16.9. The third-order valence-corrected chi connectivity index (χ3v) is 5.31. The van der Waals surface area contributed by atoms with Gasteiger partial charge in [0.05, 0.1) is 19.8 Å². The number of carbonyl (C=O) groups excluding carboxylic acids is 2. The number of piperazine rings is 1. The lowest BCUT2D eigenvalue weighted by Gasteiger charge is -2.36. The van der Waals surface area contributed by atoms with Crippen LogP contribution in [0.1, 0.15) is 10.4 Å². The van der Waals surface area contributed by atoms with E-state index in [1.807, 2.05) is 17.0 Å². The first-order chi connectivity index (χ1) is 14.7. The van der Waals surface area contributed by atoms with Crippen LogP contribution in [0.5, 0.6) is 0 Å². The van der Waals surface area contributed by atoms with Crippen molar-refractivity contribution in [3.63, 3.8) is 0 Å². The van der Waals surface area contributed by atoms with Crippen molar-refractivity contribution in [1.29, 1.82) is 0 Å². The Hall–Kier alpha value is -3.04. The van der Waals surface area contributed by atoms with Crippen molar-refractivity contribution in [2.75, 3.05) is 64.3 Å². The van der Waals surface area contributed by atoms with E-state index < -0.39 is 0 Å². The number of nitrogens with one attached hydrogen (secondary N) is 1. The fraction of sp³-hybridized carbons (Fsp3) is 0.429. The Bertz CT molecular complexity index is 864. The number of anilines is 2. The topological polar surface area (TPSA) is 90.9 Å². The lowest BCUT2D eigenvalue weighted by molar-refractivity contribution is -0.134. The van der Waals surface area contributed by atoms with Gasteiger partial charge in [-0.15, -0.1) is 0 Å². The lowest BCUT2D eigenvalue weighted by atomic mass is 10.1. The molecule has 9 nitrogen and oxygen atoms in total. The van der Waals surface area contributed by atoms with Gasteiger partial charge in [-0.1, -0.05) is 6.07 Å².